The Kier molecular flexibility index (Phi) is 5.07. The third kappa shape index (κ3) is 3.47. The molecule has 0 spiro atoms. The highest BCUT2D eigenvalue weighted by atomic mass is 16.4. The number of hydrogen-bond donors (Lipinski definition) is 5. The minimum atomic E-state index is -1.64. The smallest absolute Gasteiger partial charge is 0.349 e. The zero-order chi connectivity index (χ0) is 19.9. The van der Waals surface area contributed by atoms with Gasteiger partial charge in [-0.1, -0.05) is 0 Å². The first-order chi connectivity index (χ1) is 12.7. The first kappa shape index (κ1) is 19.1. The van der Waals surface area contributed by atoms with Gasteiger partial charge < -0.3 is 25.0 Å². The Morgan fingerprint density at radius 1 is 1.07 bits per heavy atom. The second-order valence-electron chi connectivity index (χ2n) is 6.50. The second-order valence-corrected chi connectivity index (χ2v) is 6.50. The molecule has 2 heterocycles. The average molecular weight is 379 g/mol. The van der Waals surface area contributed by atoms with Crippen molar-refractivity contribution in [1.82, 2.24) is 19.5 Å². The number of rotatable bonds is 5. The van der Waals surface area contributed by atoms with E-state index in [1.807, 2.05) is 13.8 Å². The van der Waals surface area contributed by atoms with Gasteiger partial charge in [0.25, 0.3) is 5.56 Å². The predicted molar refractivity (Wildman–Crippen MR) is 95.6 cm³/mol. The SMILES string of the molecule is Cc1cc2nc3c(=O)[15nH][13c](=O)[15n]c-3n(C[C@@H](O)C(O)C(O)CO)c2cc1C. The van der Waals surface area contributed by atoms with Crippen LogP contribution in [-0.2, 0) is 6.54 Å². The van der Waals surface area contributed by atoms with Gasteiger partial charge in [0.15, 0.2) is 11.5 Å². The van der Waals surface area contributed by atoms with E-state index in [0.29, 0.717) is 11.0 Å². The molecular weight excluding hydrogens is 359 g/mol. The summed E-state index contributed by atoms with van der Waals surface area (Å²) in [5.41, 5.74) is 1.11. The van der Waals surface area contributed by atoms with Gasteiger partial charge in [0.2, 0.25) is 0 Å². The highest BCUT2D eigenvalue weighted by Crippen LogP contribution is 2.24. The Morgan fingerprint density at radius 2 is 1.74 bits per heavy atom. The average Bonchev–Trinajstić information content (AvgIpc) is 2.62. The van der Waals surface area contributed by atoms with Crippen LogP contribution in [0.1, 0.15) is 11.1 Å². The fourth-order valence-electron chi connectivity index (χ4n) is 2.89. The second kappa shape index (κ2) is 7.16. The van der Waals surface area contributed by atoms with E-state index in [1.54, 1.807) is 12.1 Å². The lowest BCUT2D eigenvalue weighted by molar-refractivity contribution is -0.0802. The molecule has 2 aliphatic rings. The van der Waals surface area contributed by atoms with Crippen molar-refractivity contribution >= 4 is 11.0 Å². The molecule has 0 fully saturated rings. The maximum absolute atomic E-state index is 12.2. The van der Waals surface area contributed by atoms with Gasteiger partial charge in [-0.05, 0) is 37.1 Å². The standard InChI is InChI=1S/C17H20N4O6/c1-7-3-9-10(4-8(7)2)21(5-11(23)14(25)12(24)6-22)15-13(18-9)16(26)20-17(27)19-15/h3-4,11-12,14,22-25H,5-6H2,1-2H3,(H,20,26,27)/t11-,12?,14?/m1/s1/i17+1,19+1,20+1. The zero-order valence-corrected chi connectivity index (χ0v) is 14.7. The monoisotopic (exact) mass is 379 g/mol. The third-order valence-corrected chi connectivity index (χ3v) is 4.57. The van der Waals surface area contributed by atoms with Crippen molar-refractivity contribution in [1.29, 1.82) is 0 Å². The van der Waals surface area contributed by atoms with Crippen LogP contribution < -0.4 is 11.2 Å². The van der Waals surface area contributed by atoms with Crippen molar-refractivity contribution in [2.24, 2.45) is 0 Å². The lowest BCUT2D eigenvalue weighted by Gasteiger charge is -2.25. The summed E-state index contributed by atoms with van der Waals surface area (Å²) in [7, 11) is 0. The van der Waals surface area contributed by atoms with E-state index in [2.05, 4.69) is 15.0 Å². The van der Waals surface area contributed by atoms with Gasteiger partial charge >= 0.3 is 5.69 Å². The maximum Gasteiger partial charge on any atom is 0.349 e. The molecule has 2 unspecified atom stereocenters. The number of fused-ring (bicyclic) bond motifs is 2. The number of aromatic amines is 1. The van der Waals surface area contributed by atoms with Crippen LogP contribution in [0.2, 0.25) is 0 Å². The molecule has 2 aliphatic heterocycles. The number of nitrogens with zero attached hydrogens (tertiary/aromatic N) is 3. The molecule has 5 N–H and O–H groups in total. The number of nitrogens with one attached hydrogen (secondary N) is 1. The molecule has 0 bridgehead atoms. The lowest BCUT2D eigenvalue weighted by Crippen LogP contribution is -2.42. The van der Waals surface area contributed by atoms with Crippen molar-refractivity contribution in [3.05, 3.63) is 44.1 Å². The molecule has 27 heavy (non-hydrogen) atoms. The van der Waals surface area contributed by atoms with Gasteiger partial charge in [0.05, 0.1) is 24.2 Å². The highest BCUT2D eigenvalue weighted by Gasteiger charge is 2.27. The fourth-order valence-corrected chi connectivity index (χ4v) is 2.89. The number of H-pyrrole nitrogens is 1. The minimum Gasteiger partial charge on any atom is -0.394 e. The molecule has 0 saturated heterocycles. The summed E-state index contributed by atoms with van der Waals surface area (Å²) < 4.78 is 1.40. The normalized spacial score (nSPS) is 15.2. The van der Waals surface area contributed by atoms with Crippen LogP contribution in [0.25, 0.3) is 22.6 Å². The first-order valence-electron chi connectivity index (χ1n) is 8.29. The first-order valence-corrected chi connectivity index (χ1v) is 8.29. The van der Waals surface area contributed by atoms with Crippen LogP contribution in [0.4, 0.5) is 0 Å². The molecule has 3 atom stereocenters. The number of aliphatic hydroxyl groups is 4. The Morgan fingerprint density at radius 3 is 2.41 bits per heavy atom. The van der Waals surface area contributed by atoms with Crippen molar-refractivity contribution in [2.45, 2.75) is 38.7 Å². The van der Waals surface area contributed by atoms with Crippen molar-refractivity contribution in [2.75, 3.05) is 6.61 Å². The largest absolute Gasteiger partial charge is 0.394 e. The van der Waals surface area contributed by atoms with E-state index in [9.17, 15) is 24.9 Å². The predicted octanol–water partition coefficient (Wildman–Crippen LogP) is -1.72. The summed E-state index contributed by atoms with van der Waals surface area (Å²) >= 11 is 0. The summed E-state index contributed by atoms with van der Waals surface area (Å²) in [6.45, 7) is 2.73. The number of aromatic nitrogens is 4. The van der Waals surface area contributed by atoms with Gasteiger partial charge in [-0.2, -0.15) is 4.98 Å². The van der Waals surface area contributed by atoms with E-state index in [4.69, 9.17) is 5.11 Å². The molecule has 10 heteroatoms. The van der Waals surface area contributed by atoms with Gasteiger partial charge in [0.1, 0.15) is 18.3 Å². The minimum absolute atomic E-state index is 0.0516. The number of aryl methyl sites for hydroxylation is 2. The van der Waals surface area contributed by atoms with Crippen LogP contribution in [0.3, 0.4) is 0 Å². The molecule has 0 aliphatic carbocycles. The Balaban J connectivity index is 2.28. The van der Waals surface area contributed by atoms with Crippen LogP contribution in [0, 0.1) is 13.8 Å². The Hall–Kier alpha value is -2.66. The summed E-state index contributed by atoms with van der Waals surface area (Å²) in [6.07, 6.45) is -4.68. The summed E-state index contributed by atoms with van der Waals surface area (Å²) in [5.74, 6) is -0.0516. The van der Waals surface area contributed by atoms with Crippen molar-refractivity contribution < 1.29 is 20.4 Å². The van der Waals surface area contributed by atoms with E-state index in [-0.39, 0.29) is 18.1 Å². The summed E-state index contributed by atoms with van der Waals surface area (Å²) in [4.78, 5) is 34.0. The molecule has 3 rings (SSSR count). The molecule has 1 aromatic rings. The summed E-state index contributed by atoms with van der Waals surface area (Å²) in [6, 6.07) is 3.53. The van der Waals surface area contributed by atoms with Gasteiger partial charge in [0, 0.05) is 0 Å². The van der Waals surface area contributed by atoms with Crippen LogP contribution in [0.5, 0.6) is 0 Å². The maximum atomic E-state index is 12.2. The number of hydrogen-bond acceptors (Lipinski definition) is 8. The van der Waals surface area contributed by atoms with Gasteiger partial charge in [-0.25, -0.2) is 9.78 Å². The van der Waals surface area contributed by atoms with Crippen molar-refractivity contribution in [3.63, 3.8) is 0 Å². The molecule has 1 aromatic carbocycles. The quantitative estimate of drug-likeness (QED) is 0.327. The van der Waals surface area contributed by atoms with E-state index in [0.717, 1.165) is 11.1 Å². The van der Waals surface area contributed by atoms with E-state index >= 15 is 0 Å². The third-order valence-electron chi connectivity index (χ3n) is 4.57. The number of benzene rings is 1. The Labute approximate surface area is 152 Å². The summed E-state index contributed by atoms with van der Waals surface area (Å²) in [5, 5.41) is 38.8. The van der Waals surface area contributed by atoms with Gasteiger partial charge in [-0.15, -0.1) is 0 Å². The molecule has 0 aromatic heterocycles. The lowest BCUT2D eigenvalue weighted by atomic mass is 10.1. The van der Waals surface area contributed by atoms with Crippen LogP contribution in [0.15, 0.2) is 21.7 Å². The topological polar surface area (TPSA) is 162 Å². The van der Waals surface area contributed by atoms with Crippen LogP contribution in [-0.4, -0.2) is 64.9 Å². The van der Waals surface area contributed by atoms with Crippen LogP contribution >= 0.6 is 0 Å². The molecule has 144 valence electrons. The molecule has 0 radical (unpaired) electrons. The Bertz CT molecular complexity index is 1080. The fraction of sp³-hybridized carbons (Fsp3) is 0.412. The molecule has 0 saturated carbocycles. The van der Waals surface area contributed by atoms with Crippen molar-refractivity contribution in [3.8, 4) is 11.5 Å². The van der Waals surface area contributed by atoms with E-state index in [1.165, 1.54) is 4.57 Å². The zero-order valence-electron chi connectivity index (χ0n) is 14.7. The molecule has 0 amide bonds. The molecular formula is C17H20N4O6. The van der Waals surface area contributed by atoms with E-state index < -0.39 is 36.2 Å². The highest BCUT2D eigenvalue weighted by molar-refractivity contribution is 5.81. The number of aliphatic hydroxyl groups excluding tert-OH is 4. The molecule has 10 nitrogen and oxygen atoms in total. The van der Waals surface area contributed by atoms with Gasteiger partial charge in [-0.3, -0.25) is 9.78 Å².